The lowest BCUT2D eigenvalue weighted by Crippen LogP contribution is -2.42. The van der Waals surface area contributed by atoms with Crippen molar-refractivity contribution in [3.8, 4) is 5.75 Å². The van der Waals surface area contributed by atoms with Crippen LogP contribution in [0.4, 0.5) is 0 Å². The van der Waals surface area contributed by atoms with Crippen molar-refractivity contribution in [2.24, 2.45) is 0 Å². The molecule has 5 heteroatoms. The number of ether oxygens (including phenoxy) is 1. The molecule has 0 radical (unpaired) electrons. The topological polar surface area (TPSA) is 60.4 Å². The summed E-state index contributed by atoms with van der Waals surface area (Å²) in [6.07, 6.45) is 3.99. The predicted octanol–water partition coefficient (Wildman–Crippen LogP) is 3.94. The lowest BCUT2D eigenvalue weighted by atomic mass is 9.89. The molecule has 132 valence electrons. The van der Waals surface area contributed by atoms with Crippen LogP contribution in [0.5, 0.6) is 5.75 Å². The first-order chi connectivity index (χ1) is 12.1. The Labute approximate surface area is 148 Å². The highest BCUT2D eigenvalue weighted by molar-refractivity contribution is 7.93. The summed E-state index contributed by atoms with van der Waals surface area (Å²) in [5.41, 5.74) is 1.04. The van der Waals surface area contributed by atoms with Crippen molar-refractivity contribution in [3.05, 3.63) is 60.2 Å². The summed E-state index contributed by atoms with van der Waals surface area (Å²) >= 11 is 0. The van der Waals surface area contributed by atoms with Gasteiger partial charge in [0, 0.05) is 0 Å². The van der Waals surface area contributed by atoms with Gasteiger partial charge in [-0.15, -0.1) is 0 Å². The lowest BCUT2D eigenvalue weighted by molar-refractivity contribution is -0.110. The first-order valence-electron chi connectivity index (χ1n) is 8.55. The van der Waals surface area contributed by atoms with Crippen LogP contribution >= 0.6 is 0 Å². The molecule has 0 unspecified atom stereocenters. The normalized spacial score (nSPS) is 17.0. The minimum Gasteiger partial charge on any atom is -0.489 e. The Morgan fingerprint density at radius 1 is 0.920 bits per heavy atom. The van der Waals surface area contributed by atoms with Gasteiger partial charge in [0.1, 0.15) is 23.4 Å². The van der Waals surface area contributed by atoms with Gasteiger partial charge < -0.3 is 9.53 Å². The Bertz CT molecular complexity index is 805. The minimum atomic E-state index is -3.68. The van der Waals surface area contributed by atoms with E-state index in [2.05, 4.69) is 0 Å². The number of benzene rings is 2. The summed E-state index contributed by atoms with van der Waals surface area (Å²) in [6.45, 7) is 0.422. The number of carbonyl (C=O) groups excluding carboxylic acids is 1. The van der Waals surface area contributed by atoms with Crippen LogP contribution in [-0.4, -0.2) is 19.5 Å². The zero-order valence-corrected chi connectivity index (χ0v) is 14.9. The summed E-state index contributed by atoms with van der Waals surface area (Å²) in [7, 11) is -3.68. The molecular weight excluding hydrogens is 336 g/mol. The van der Waals surface area contributed by atoms with Gasteiger partial charge >= 0.3 is 0 Å². The fourth-order valence-electron chi connectivity index (χ4n) is 3.29. The van der Waals surface area contributed by atoms with Crippen LogP contribution < -0.4 is 4.74 Å². The van der Waals surface area contributed by atoms with Crippen LogP contribution in [0.15, 0.2) is 59.5 Å². The van der Waals surface area contributed by atoms with Gasteiger partial charge in [-0.1, -0.05) is 49.6 Å². The summed E-state index contributed by atoms with van der Waals surface area (Å²) in [5.74, 6) is 0.603. The number of aldehydes is 1. The Kier molecular flexibility index (Phi) is 5.23. The molecule has 25 heavy (non-hydrogen) atoms. The Morgan fingerprint density at radius 3 is 2.16 bits per heavy atom. The molecule has 0 aliphatic heterocycles. The summed E-state index contributed by atoms with van der Waals surface area (Å²) in [5, 5.41) is 0. The molecule has 1 aliphatic rings. The Hall–Kier alpha value is -2.14. The maximum atomic E-state index is 13.0. The third-order valence-electron chi connectivity index (χ3n) is 4.83. The molecule has 1 aliphatic carbocycles. The van der Waals surface area contributed by atoms with Crippen LogP contribution in [0.25, 0.3) is 0 Å². The van der Waals surface area contributed by atoms with E-state index in [1.807, 2.05) is 30.3 Å². The highest BCUT2D eigenvalue weighted by Gasteiger charge is 2.45. The van der Waals surface area contributed by atoms with E-state index in [9.17, 15) is 13.2 Å². The Morgan fingerprint density at radius 2 is 1.56 bits per heavy atom. The van der Waals surface area contributed by atoms with Crippen LogP contribution in [0.3, 0.4) is 0 Å². The van der Waals surface area contributed by atoms with Crippen molar-refractivity contribution >= 4 is 16.1 Å². The quantitative estimate of drug-likeness (QED) is 0.734. The fraction of sp³-hybridized carbons (Fsp3) is 0.350. The molecule has 2 aromatic rings. The third-order valence-corrected chi connectivity index (χ3v) is 7.30. The third kappa shape index (κ3) is 3.61. The average Bonchev–Trinajstić information content (AvgIpc) is 2.68. The van der Waals surface area contributed by atoms with E-state index in [0.717, 1.165) is 24.8 Å². The van der Waals surface area contributed by atoms with Gasteiger partial charge in [0.25, 0.3) is 0 Å². The van der Waals surface area contributed by atoms with E-state index >= 15 is 0 Å². The number of hydrogen-bond acceptors (Lipinski definition) is 4. The highest BCUT2D eigenvalue weighted by atomic mass is 32.2. The molecule has 0 atom stereocenters. The molecule has 2 aromatic carbocycles. The summed E-state index contributed by atoms with van der Waals surface area (Å²) < 4.78 is 30.3. The monoisotopic (exact) mass is 358 g/mol. The maximum Gasteiger partial charge on any atom is 0.190 e. The van der Waals surface area contributed by atoms with Crippen molar-refractivity contribution in [3.63, 3.8) is 0 Å². The second kappa shape index (κ2) is 7.40. The van der Waals surface area contributed by atoms with Gasteiger partial charge in [0.2, 0.25) is 0 Å². The number of sulfone groups is 1. The second-order valence-corrected chi connectivity index (χ2v) is 8.78. The van der Waals surface area contributed by atoms with E-state index in [4.69, 9.17) is 4.74 Å². The first kappa shape index (κ1) is 17.7. The molecule has 0 spiro atoms. The molecule has 0 bridgehead atoms. The van der Waals surface area contributed by atoms with E-state index < -0.39 is 14.6 Å². The largest absolute Gasteiger partial charge is 0.489 e. The molecule has 3 rings (SSSR count). The molecule has 4 nitrogen and oxygen atoms in total. The number of carbonyl (C=O) groups is 1. The van der Waals surface area contributed by atoms with Crippen molar-refractivity contribution in [1.82, 2.24) is 0 Å². The first-order valence-corrected chi connectivity index (χ1v) is 10.0. The molecule has 0 saturated heterocycles. The second-order valence-electron chi connectivity index (χ2n) is 6.49. The van der Waals surface area contributed by atoms with E-state index in [1.54, 1.807) is 12.1 Å². The van der Waals surface area contributed by atoms with Crippen molar-refractivity contribution in [2.75, 3.05) is 0 Å². The average molecular weight is 358 g/mol. The van der Waals surface area contributed by atoms with Crippen LogP contribution in [0, 0.1) is 0 Å². The van der Waals surface area contributed by atoms with Gasteiger partial charge in [-0.3, -0.25) is 0 Å². The van der Waals surface area contributed by atoms with Gasteiger partial charge in [0.05, 0.1) is 4.90 Å². The summed E-state index contributed by atoms with van der Waals surface area (Å²) in [6, 6.07) is 16.1. The smallest absolute Gasteiger partial charge is 0.190 e. The van der Waals surface area contributed by atoms with Gasteiger partial charge in [-0.05, 0) is 42.7 Å². The molecule has 0 N–H and O–H groups in total. The lowest BCUT2D eigenvalue weighted by Gasteiger charge is -2.31. The van der Waals surface area contributed by atoms with Gasteiger partial charge in [-0.2, -0.15) is 0 Å². The highest BCUT2D eigenvalue weighted by Crippen LogP contribution is 2.37. The molecule has 0 heterocycles. The van der Waals surface area contributed by atoms with Gasteiger partial charge in [0.15, 0.2) is 9.84 Å². The van der Waals surface area contributed by atoms with Crippen LogP contribution in [0.2, 0.25) is 0 Å². The van der Waals surface area contributed by atoms with E-state index in [1.165, 1.54) is 12.1 Å². The number of hydrogen-bond donors (Lipinski definition) is 0. The van der Waals surface area contributed by atoms with E-state index in [0.29, 0.717) is 31.5 Å². The minimum absolute atomic E-state index is 0.188. The van der Waals surface area contributed by atoms with Crippen molar-refractivity contribution in [1.29, 1.82) is 0 Å². The summed E-state index contributed by atoms with van der Waals surface area (Å²) in [4.78, 5) is 11.8. The van der Waals surface area contributed by atoms with Crippen LogP contribution in [-0.2, 0) is 21.2 Å². The molecule has 1 fully saturated rings. The van der Waals surface area contributed by atoms with Crippen LogP contribution in [0.1, 0.15) is 37.7 Å². The number of rotatable bonds is 6. The zero-order valence-electron chi connectivity index (χ0n) is 14.1. The zero-order chi connectivity index (χ0) is 17.8. The van der Waals surface area contributed by atoms with Gasteiger partial charge in [-0.25, -0.2) is 8.42 Å². The standard InChI is InChI=1S/C20H22O4S/c21-16-20(13-5-2-6-14-20)25(22,23)19-11-9-18(10-12-19)24-15-17-7-3-1-4-8-17/h1,3-4,7-12,16H,2,5-6,13-15H2. The van der Waals surface area contributed by atoms with Crippen molar-refractivity contribution in [2.45, 2.75) is 48.4 Å². The molecule has 0 aromatic heterocycles. The Balaban J connectivity index is 1.76. The van der Waals surface area contributed by atoms with Crippen molar-refractivity contribution < 1.29 is 17.9 Å². The maximum absolute atomic E-state index is 13.0. The molecule has 1 saturated carbocycles. The SMILES string of the molecule is O=CC1(S(=O)(=O)c2ccc(OCc3ccccc3)cc2)CCCCC1. The molecular formula is C20H22O4S. The fourth-order valence-corrected chi connectivity index (χ4v) is 5.21. The molecule has 0 amide bonds. The van der Waals surface area contributed by atoms with E-state index in [-0.39, 0.29) is 4.90 Å². The predicted molar refractivity (Wildman–Crippen MR) is 96.3 cm³/mol.